The average molecular weight is 231 g/mol. The predicted molar refractivity (Wildman–Crippen MR) is 67.9 cm³/mol. The zero-order valence-corrected chi connectivity index (χ0v) is 9.97. The quantitative estimate of drug-likeness (QED) is 0.855. The largest absolute Gasteiger partial charge is 0.494 e. The summed E-state index contributed by atoms with van der Waals surface area (Å²) in [6.45, 7) is 4.03. The monoisotopic (exact) mass is 231 g/mol. The molecule has 0 fully saturated rings. The number of nitrogens with two attached hydrogens (primary N) is 1. The van der Waals surface area contributed by atoms with E-state index in [-0.39, 0.29) is 0 Å². The number of benzene rings is 1. The van der Waals surface area contributed by atoms with Crippen molar-refractivity contribution in [2.75, 3.05) is 13.2 Å². The summed E-state index contributed by atoms with van der Waals surface area (Å²) in [6.07, 6.45) is 3.65. The van der Waals surface area contributed by atoms with Gasteiger partial charge < -0.3 is 15.0 Å². The van der Waals surface area contributed by atoms with Crippen molar-refractivity contribution in [2.24, 2.45) is 5.73 Å². The zero-order chi connectivity index (χ0) is 12.1. The Morgan fingerprint density at radius 1 is 1.41 bits per heavy atom. The second-order valence-electron chi connectivity index (χ2n) is 3.72. The molecule has 0 unspecified atom stereocenters. The lowest BCUT2D eigenvalue weighted by Crippen LogP contribution is -2.09. The molecule has 1 aromatic heterocycles. The van der Waals surface area contributed by atoms with Crippen LogP contribution in [0.2, 0.25) is 0 Å². The molecule has 1 aromatic carbocycles. The van der Waals surface area contributed by atoms with Crippen LogP contribution in [0.3, 0.4) is 0 Å². The first kappa shape index (κ1) is 11.7. The third-order valence-corrected chi connectivity index (χ3v) is 2.52. The molecule has 0 saturated carbocycles. The molecule has 0 saturated heterocycles. The van der Waals surface area contributed by atoms with Crippen LogP contribution in [0, 0.1) is 0 Å². The second kappa shape index (κ2) is 5.50. The lowest BCUT2D eigenvalue weighted by molar-refractivity contribution is 0.340. The molecule has 90 valence electrons. The molecule has 4 nitrogen and oxygen atoms in total. The summed E-state index contributed by atoms with van der Waals surface area (Å²) < 4.78 is 7.54. The standard InChI is InChI=1S/C13H17N3O/c1-2-17-12-5-3-4-11(8-12)13-9-15-10-16(13)7-6-14/h3-5,8-10H,2,6-7,14H2,1H3. The maximum Gasteiger partial charge on any atom is 0.119 e. The molecule has 0 aliphatic heterocycles. The van der Waals surface area contributed by atoms with E-state index in [0.29, 0.717) is 13.2 Å². The van der Waals surface area contributed by atoms with Gasteiger partial charge in [0.2, 0.25) is 0 Å². The molecule has 2 rings (SSSR count). The van der Waals surface area contributed by atoms with Crippen LogP contribution in [0.15, 0.2) is 36.8 Å². The Bertz CT molecular complexity index is 479. The van der Waals surface area contributed by atoms with Gasteiger partial charge in [-0.3, -0.25) is 0 Å². The minimum atomic E-state index is 0.606. The molecule has 2 aromatic rings. The summed E-state index contributed by atoms with van der Waals surface area (Å²) in [5, 5.41) is 0. The highest BCUT2D eigenvalue weighted by molar-refractivity contribution is 5.61. The number of ether oxygens (including phenoxy) is 1. The topological polar surface area (TPSA) is 53.1 Å². The molecule has 17 heavy (non-hydrogen) atoms. The third-order valence-electron chi connectivity index (χ3n) is 2.52. The Morgan fingerprint density at radius 2 is 2.29 bits per heavy atom. The normalized spacial score (nSPS) is 10.5. The maximum atomic E-state index is 5.57. The maximum absolute atomic E-state index is 5.57. The van der Waals surface area contributed by atoms with Gasteiger partial charge in [0.1, 0.15) is 5.75 Å². The van der Waals surface area contributed by atoms with Crippen molar-refractivity contribution >= 4 is 0 Å². The number of aromatic nitrogens is 2. The van der Waals surface area contributed by atoms with Gasteiger partial charge in [0, 0.05) is 18.7 Å². The van der Waals surface area contributed by atoms with Crippen molar-refractivity contribution in [2.45, 2.75) is 13.5 Å². The van der Waals surface area contributed by atoms with Gasteiger partial charge in [0.05, 0.1) is 24.8 Å². The van der Waals surface area contributed by atoms with Crippen LogP contribution in [0.1, 0.15) is 6.92 Å². The van der Waals surface area contributed by atoms with Crippen molar-refractivity contribution in [1.29, 1.82) is 0 Å². The van der Waals surface area contributed by atoms with Gasteiger partial charge in [0.15, 0.2) is 0 Å². The molecule has 0 amide bonds. The van der Waals surface area contributed by atoms with E-state index in [1.807, 2.05) is 42.0 Å². The average Bonchev–Trinajstić information content (AvgIpc) is 2.79. The summed E-state index contributed by atoms with van der Waals surface area (Å²) in [6, 6.07) is 8.01. The van der Waals surface area contributed by atoms with Gasteiger partial charge >= 0.3 is 0 Å². The lowest BCUT2D eigenvalue weighted by Gasteiger charge is -2.08. The van der Waals surface area contributed by atoms with E-state index >= 15 is 0 Å². The minimum Gasteiger partial charge on any atom is -0.494 e. The van der Waals surface area contributed by atoms with E-state index in [2.05, 4.69) is 4.98 Å². The van der Waals surface area contributed by atoms with Gasteiger partial charge in [-0.25, -0.2) is 4.98 Å². The first-order valence-corrected chi connectivity index (χ1v) is 5.78. The second-order valence-corrected chi connectivity index (χ2v) is 3.72. The van der Waals surface area contributed by atoms with Gasteiger partial charge in [-0.2, -0.15) is 0 Å². The van der Waals surface area contributed by atoms with Crippen molar-refractivity contribution in [3.8, 4) is 17.0 Å². The molecule has 1 heterocycles. The number of hydrogen-bond acceptors (Lipinski definition) is 3. The summed E-state index contributed by atoms with van der Waals surface area (Å²) in [5.41, 5.74) is 7.74. The van der Waals surface area contributed by atoms with E-state index in [4.69, 9.17) is 10.5 Å². The van der Waals surface area contributed by atoms with Gasteiger partial charge in [-0.15, -0.1) is 0 Å². The summed E-state index contributed by atoms with van der Waals surface area (Å²) in [4.78, 5) is 4.16. The predicted octanol–water partition coefficient (Wildman–Crippen LogP) is 1.91. The van der Waals surface area contributed by atoms with E-state index in [1.54, 1.807) is 6.33 Å². The molecule has 0 bridgehead atoms. The fourth-order valence-corrected chi connectivity index (χ4v) is 1.79. The molecule has 4 heteroatoms. The highest BCUT2D eigenvalue weighted by atomic mass is 16.5. The molecule has 0 aliphatic carbocycles. The third kappa shape index (κ3) is 2.65. The van der Waals surface area contributed by atoms with Crippen molar-refractivity contribution in [3.05, 3.63) is 36.8 Å². The highest BCUT2D eigenvalue weighted by Crippen LogP contribution is 2.23. The van der Waals surface area contributed by atoms with Gasteiger partial charge in [-0.05, 0) is 19.1 Å². The Kier molecular flexibility index (Phi) is 3.77. The van der Waals surface area contributed by atoms with Crippen LogP contribution in [0.4, 0.5) is 0 Å². The summed E-state index contributed by atoms with van der Waals surface area (Å²) >= 11 is 0. The molecule has 0 atom stereocenters. The Hall–Kier alpha value is -1.81. The van der Waals surface area contributed by atoms with E-state index in [1.165, 1.54) is 0 Å². The highest BCUT2D eigenvalue weighted by Gasteiger charge is 2.05. The fraction of sp³-hybridized carbons (Fsp3) is 0.308. The van der Waals surface area contributed by atoms with Crippen LogP contribution in [-0.4, -0.2) is 22.7 Å². The van der Waals surface area contributed by atoms with Gasteiger partial charge in [-0.1, -0.05) is 12.1 Å². The molecule has 0 aliphatic rings. The smallest absolute Gasteiger partial charge is 0.119 e. The number of nitrogens with zero attached hydrogens (tertiary/aromatic N) is 2. The van der Waals surface area contributed by atoms with Crippen LogP contribution < -0.4 is 10.5 Å². The summed E-state index contributed by atoms with van der Waals surface area (Å²) in [5.74, 6) is 0.880. The number of rotatable bonds is 5. The summed E-state index contributed by atoms with van der Waals surface area (Å²) in [7, 11) is 0. The Morgan fingerprint density at radius 3 is 3.06 bits per heavy atom. The Labute approximate surface area is 101 Å². The fourth-order valence-electron chi connectivity index (χ4n) is 1.79. The molecule has 2 N–H and O–H groups in total. The Balaban J connectivity index is 2.31. The van der Waals surface area contributed by atoms with Crippen molar-refractivity contribution in [3.63, 3.8) is 0 Å². The molecule has 0 spiro atoms. The van der Waals surface area contributed by atoms with Gasteiger partial charge in [0.25, 0.3) is 0 Å². The van der Waals surface area contributed by atoms with E-state index in [0.717, 1.165) is 23.6 Å². The van der Waals surface area contributed by atoms with Crippen LogP contribution >= 0.6 is 0 Å². The van der Waals surface area contributed by atoms with E-state index in [9.17, 15) is 0 Å². The van der Waals surface area contributed by atoms with Crippen molar-refractivity contribution < 1.29 is 4.74 Å². The molecule has 0 radical (unpaired) electrons. The number of hydrogen-bond donors (Lipinski definition) is 1. The first-order valence-electron chi connectivity index (χ1n) is 5.78. The van der Waals surface area contributed by atoms with Crippen LogP contribution in [-0.2, 0) is 6.54 Å². The van der Waals surface area contributed by atoms with E-state index < -0.39 is 0 Å². The number of imidazole rings is 1. The van der Waals surface area contributed by atoms with Crippen molar-refractivity contribution in [1.82, 2.24) is 9.55 Å². The first-order chi connectivity index (χ1) is 8.35. The SMILES string of the molecule is CCOc1cccc(-c2cncn2CCN)c1. The van der Waals surface area contributed by atoms with Crippen LogP contribution in [0.25, 0.3) is 11.3 Å². The lowest BCUT2D eigenvalue weighted by atomic mass is 10.1. The molecular formula is C13H17N3O. The molecular weight excluding hydrogens is 214 g/mol. The zero-order valence-electron chi connectivity index (χ0n) is 9.97. The van der Waals surface area contributed by atoms with Crippen LogP contribution in [0.5, 0.6) is 5.75 Å². The minimum absolute atomic E-state index is 0.606.